The van der Waals surface area contributed by atoms with Crippen LogP contribution in [0.3, 0.4) is 0 Å². The number of carbonyl (C=O) groups excluding carboxylic acids is 1. The topological polar surface area (TPSA) is 26.3 Å². The maximum absolute atomic E-state index is 11.9. The highest BCUT2D eigenvalue weighted by molar-refractivity contribution is 9.11. The summed E-state index contributed by atoms with van der Waals surface area (Å²) in [6, 6.07) is 6.51. The lowest BCUT2D eigenvalue weighted by atomic mass is 10.3. The summed E-state index contributed by atoms with van der Waals surface area (Å²) in [5.41, 5.74) is 0. The lowest BCUT2D eigenvalue weighted by molar-refractivity contribution is 0.0925. The summed E-state index contributed by atoms with van der Waals surface area (Å²) in [5.74, 6) is 0.206. The van der Waals surface area contributed by atoms with Crippen LogP contribution in [0.25, 0.3) is 0 Å². The number of carbonyl (C=O) groups is 1. The van der Waals surface area contributed by atoms with Crippen molar-refractivity contribution in [3.05, 3.63) is 48.0 Å². The van der Waals surface area contributed by atoms with Gasteiger partial charge >= 0.3 is 0 Å². The van der Waals surface area contributed by atoms with E-state index < -0.39 is 0 Å². The Morgan fingerprint density at radius 3 is 2.47 bits per heavy atom. The maximum atomic E-state index is 11.9. The molecule has 0 saturated heterocycles. The van der Waals surface area contributed by atoms with Crippen LogP contribution in [-0.4, -0.2) is 12.4 Å². The molecule has 7 heteroatoms. The minimum absolute atomic E-state index is 0.107. The monoisotopic (exact) mass is 398 g/mol. The second kappa shape index (κ2) is 6.46. The van der Waals surface area contributed by atoms with Crippen LogP contribution >= 0.6 is 62.1 Å². The van der Waals surface area contributed by atoms with Gasteiger partial charge in [-0.25, -0.2) is 0 Å². The number of rotatable bonds is 4. The van der Waals surface area contributed by atoms with E-state index >= 15 is 0 Å². The molecule has 0 radical (unpaired) electrons. The number of ketones is 1. The molecule has 19 heavy (non-hydrogen) atoms. The van der Waals surface area contributed by atoms with Crippen LogP contribution < -0.4 is 4.74 Å². The fourth-order valence-corrected chi connectivity index (χ4v) is 3.20. The molecule has 0 N–H and O–H groups in total. The standard InChI is InChI=1S/C12H6BrCl3O2S/c13-12-2-1-11(19-12)9(17)5-18-10-4-7(15)6(14)3-8(10)16/h1-4H,5H2. The zero-order valence-electron chi connectivity index (χ0n) is 9.25. The number of thiophene rings is 1. The van der Waals surface area contributed by atoms with Crippen LogP contribution in [0.5, 0.6) is 5.75 Å². The molecule has 0 bridgehead atoms. The molecule has 0 atom stereocenters. The second-order valence-corrected chi connectivity index (χ2v) is 7.20. The molecule has 0 aliphatic heterocycles. The van der Waals surface area contributed by atoms with E-state index in [2.05, 4.69) is 15.9 Å². The maximum Gasteiger partial charge on any atom is 0.210 e. The highest BCUT2D eigenvalue weighted by atomic mass is 79.9. The third-order valence-electron chi connectivity index (χ3n) is 2.18. The Hall–Kier alpha value is -0.260. The van der Waals surface area contributed by atoms with Crippen molar-refractivity contribution in [2.45, 2.75) is 0 Å². The van der Waals surface area contributed by atoms with Crippen LogP contribution in [0, 0.1) is 0 Å². The zero-order chi connectivity index (χ0) is 14.0. The number of halogens is 4. The average molecular weight is 401 g/mol. The largest absolute Gasteiger partial charge is 0.484 e. The van der Waals surface area contributed by atoms with Gasteiger partial charge in [0.1, 0.15) is 5.75 Å². The van der Waals surface area contributed by atoms with Gasteiger partial charge in [-0.2, -0.15) is 0 Å². The van der Waals surface area contributed by atoms with E-state index in [1.54, 1.807) is 6.07 Å². The normalized spacial score (nSPS) is 10.5. The summed E-state index contributed by atoms with van der Waals surface area (Å²) < 4.78 is 6.26. The third-order valence-corrected chi connectivity index (χ3v) is 4.86. The Bertz CT molecular complexity index is 627. The van der Waals surface area contributed by atoms with Crippen LogP contribution in [0.4, 0.5) is 0 Å². The van der Waals surface area contributed by atoms with E-state index in [0.717, 1.165) is 3.79 Å². The fraction of sp³-hybridized carbons (Fsp3) is 0.0833. The highest BCUT2D eigenvalue weighted by Crippen LogP contribution is 2.34. The van der Waals surface area contributed by atoms with Crippen molar-refractivity contribution in [2.24, 2.45) is 0 Å². The summed E-state index contributed by atoms with van der Waals surface area (Å²) in [4.78, 5) is 12.5. The van der Waals surface area contributed by atoms with Gasteiger partial charge < -0.3 is 4.74 Å². The van der Waals surface area contributed by atoms with Gasteiger partial charge in [-0.1, -0.05) is 34.8 Å². The lowest BCUT2D eigenvalue weighted by Crippen LogP contribution is -2.10. The van der Waals surface area contributed by atoms with Gasteiger partial charge in [0.2, 0.25) is 5.78 Å². The SMILES string of the molecule is O=C(COc1cc(Cl)c(Cl)cc1Cl)c1ccc(Br)s1. The van der Waals surface area contributed by atoms with Gasteiger partial charge in [0.15, 0.2) is 6.61 Å². The predicted octanol–water partition coefficient (Wildman–Crippen LogP) is 5.73. The quantitative estimate of drug-likeness (QED) is 0.484. The van der Waals surface area contributed by atoms with Gasteiger partial charge in [0.25, 0.3) is 0 Å². The fourth-order valence-electron chi connectivity index (χ4n) is 1.29. The molecule has 2 nitrogen and oxygen atoms in total. The summed E-state index contributed by atoms with van der Waals surface area (Å²) in [6.07, 6.45) is 0. The van der Waals surface area contributed by atoms with Crippen molar-refractivity contribution in [1.29, 1.82) is 0 Å². The minimum atomic E-state index is -0.127. The van der Waals surface area contributed by atoms with Crippen LogP contribution in [0.15, 0.2) is 28.1 Å². The first-order valence-corrected chi connectivity index (χ1v) is 7.77. The van der Waals surface area contributed by atoms with E-state index in [0.29, 0.717) is 25.7 Å². The summed E-state index contributed by atoms with van der Waals surface area (Å²) in [5, 5.41) is 0.981. The number of Topliss-reactive ketones (excluding diaryl/α,β-unsaturated/α-hetero) is 1. The Morgan fingerprint density at radius 2 is 1.84 bits per heavy atom. The Kier molecular flexibility index (Phi) is 5.15. The van der Waals surface area contributed by atoms with Crippen molar-refractivity contribution in [3.63, 3.8) is 0 Å². The van der Waals surface area contributed by atoms with Crippen molar-refractivity contribution < 1.29 is 9.53 Å². The second-order valence-electron chi connectivity index (χ2n) is 3.51. The third kappa shape index (κ3) is 3.86. The Balaban J connectivity index is 2.07. The molecule has 0 spiro atoms. The van der Waals surface area contributed by atoms with Crippen molar-refractivity contribution in [3.8, 4) is 5.75 Å². The molecular weight excluding hydrogens is 394 g/mol. The summed E-state index contributed by atoms with van der Waals surface area (Å²) in [7, 11) is 0. The molecule has 1 aromatic carbocycles. The lowest BCUT2D eigenvalue weighted by Gasteiger charge is -2.08. The molecule has 2 aromatic rings. The Labute approximate surface area is 137 Å². The smallest absolute Gasteiger partial charge is 0.210 e. The first kappa shape index (κ1) is 15.1. The summed E-state index contributed by atoms with van der Waals surface area (Å²) in [6.45, 7) is -0.107. The molecule has 2 rings (SSSR count). The predicted molar refractivity (Wildman–Crippen MR) is 83.3 cm³/mol. The van der Waals surface area contributed by atoms with Crippen molar-refractivity contribution in [1.82, 2.24) is 0 Å². The highest BCUT2D eigenvalue weighted by Gasteiger charge is 2.12. The molecule has 100 valence electrons. The molecule has 0 aliphatic rings. The number of ether oxygens (including phenoxy) is 1. The molecule has 1 heterocycles. The molecular formula is C12H6BrCl3O2S. The summed E-state index contributed by atoms with van der Waals surface area (Å²) >= 11 is 22.3. The van der Waals surface area contributed by atoms with Crippen molar-refractivity contribution in [2.75, 3.05) is 6.61 Å². The number of benzene rings is 1. The van der Waals surface area contributed by atoms with Gasteiger partial charge in [-0.15, -0.1) is 11.3 Å². The van der Waals surface area contributed by atoms with Crippen LogP contribution in [0.1, 0.15) is 9.67 Å². The van der Waals surface area contributed by atoms with Gasteiger partial charge in [0.05, 0.1) is 23.7 Å². The van der Waals surface area contributed by atoms with Crippen LogP contribution in [-0.2, 0) is 0 Å². The first-order chi connectivity index (χ1) is 8.97. The van der Waals surface area contributed by atoms with E-state index in [4.69, 9.17) is 39.5 Å². The van der Waals surface area contributed by atoms with Gasteiger partial charge in [-0.3, -0.25) is 4.79 Å². The average Bonchev–Trinajstić information content (AvgIpc) is 2.78. The number of hydrogen-bond acceptors (Lipinski definition) is 3. The molecule has 0 aliphatic carbocycles. The molecule has 0 unspecified atom stereocenters. The first-order valence-electron chi connectivity index (χ1n) is 5.03. The zero-order valence-corrected chi connectivity index (χ0v) is 13.9. The van der Waals surface area contributed by atoms with E-state index in [1.165, 1.54) is 23.5 Å². The number of hydrogen-bond donors (Lipinski definition) is 0. The van der Waals surface area contributed by atoms with E-state index in [9.17, 15) is 4.79 Å². The van der Waals surface area contributed by atoms with Gasteiger partial charge in [-0.05, 0) is 34.1 Å². The van der Waals surface area contributed by atoms with E-state index in [1.807, 2.05) is 6.07 Å². The van der Waals surface area contributed by atoms with E-state index in [-0.39, 0.29) is 12.4 Å². The minimum Gasteiger partial charge on any atom is -0.484 e. The molecule has 0 amide bonds. The van der Waals surface area contributed by atoms with Crippen molar-refractivity contribution >= 4 is 67.9 Å². The molecule has 1 aromatic heterocycles. The molecule has 0 fully saturated rings. The molecule has 0 saturated carbocycles. The van der Waals surface area contributed by atoms with Gasteiger partial charge in [0, 0.05) is 6.07 Å². The Morgan fingerprint density at radius 1 is 1.16 bits per heavy atom. The van der Waals surface area contributed by atoms with Crippen LogP contribution in [0.2, 0.25) is 15.1 Å².